The molecule has 0 spiro atoms. The van der Waals surface area contributed by atoms with Crippen LogP contribution in [0.4, 0.5) is 0 Å². The minimum Gasteiger partial charge on any atom is -0.468 e. The predicted molar refractivity (Wildman–Crippen MR) is 121 cm³/mol. The molecule has 7 nitrogen and oxygen atoms in total. The third-order valence-electron chi connectivity index (χ3n) is 8.89. The van der Waals surface area contributed by atoms with Gasteiger partial charge in [0.05, 0.1) is 14.2 Å². The number of fused-ring (bicyclic) bond motifs is 3. The molecule has 33 heavy (non-hydrogen) atoms. The van der Waals surface area contributed by atoms with E-state index in [4.69, 9.17) is 9.47 Å². The number of esters is 3. The summed E-state index contributed by atoms with van der Waals surface area (Å²) in [5, 5.41) is 0. The largest absolute Gasteiger partial charge is 0.468 e. The Morgan fingerprint density at radius 3 is 2.18 bits per heavy atom. The molecule has 3 aliphatic carbocycles. The third-order valence-corrected chi connectivity index (χ3v) is 8.89. The minimum atomic E-state index is -0.982. The van der Waals surface area contributed by atoms with E-state index in [1.165, 1.54) is 27.2 Å². The predicted octanol–water partition coefficient (Wildman–Crippen LogP) is 3.95. The Labute approximate surface area is 195 Å². The molecule has 0 N–H and O–H groups in total. The maximum atomic E-state index is 13.3. The van der Waals surface area contributed by atoms with Crippen LogP contribution in [-0.2, 0) is 33.4 Å². The molecule has 0 aromatic heterocycles. The molecule has 0 amide bonds. The molecule has 182 valence electrons. The van der Waals surface area contributed by atoms with Gasteiger partial charge in [0.15, 0.2) is 5.78 Å². The fourth-order valence-electron chi connectivity index (χ4n) is 7.47. The van der Waals surface area contributed by atoms with Crippen LogP contribution in [0.5, 0.6) is 0 Å². The van der Waals surface area contributed by atoms with Gasteiger partial charge in [-0.2, -0.15) is 0 Å². The van der Waals surface area contributed by atoms with E-state index in [-0.39, 0.29) is 34.4 Å². The highest BCUT2D eigenvalue weighted by molar-refractivity contribution is 6.01. The molecule has 3 aliphatic rings. The molecule has 0 radical (unpaired) electrons. The fourth-order valence-corrected chi connectivity index (χ4v) is 7.47. The Morgan fingerprint density at radius 1 is 0.939 bits per heavy atom. The SMILES string of the molecule is COC(=O)/C=C/C(C)=C1/C(=O)C[C@@H]2[C@@]3(C)CC[C@@H](OC(C)=O)[C@](C)(C(=O)OC)[C@@H]3CC[C@]12C. The number of allylic oxidation sites excluding steroid dienone is 3. The van der Waals surface area contributed by atoms with Crippen LogP contribution in [0, 0.1) is 28.1 Å². The lowest BCUT2D eigenvalue weighted by Gasteiger charge is -2.61. The highest BCUT2D eigenvalue weighted by Crippen LogP contribution is 2.69. The second kappa shape index (κ2) is 8.73. The molecule has 0 aromatic carbocycles. The van der Waals surface area contributed by atoms with E-state index in [9.17, 15) is 19.2 Å². The number of rotatable bonds is 4. The third kappa shape index (κ3) is 3.83. The van der Waals surface area contributed by atoms with Crippen molar-refractivity contribution >= 4 is 23.7 Å². The molecular weight excluding hydrogens is 424 g/mol. The average Bonchev–Trinajstić information content (AvgIpc) is 3.04. The van der Waals surface area contributed by atoms with Gasteiger partial charge in [0.2, 0.25) is 0 Å². The quantitative estimate of drug-likeness (QED) is 0.356. The van der Waals surface area contributed by atoms with Gasteiger partial charge < -0.3 is 14.2 Å². The van der Waals surface area contributed by atoms with Crippen molar-refractivity contribution in [1.82, 2.24) is 0 Å². The number of carbonyl (C=O) groups is 4. The normalized spacial score (nSPS) is 39.5. The molecule has 0 unspecified atom stereocenters. The van der Waals surface area contributed by atoms with E-state index in [2.05, 4.69) is 18.6 Å². The van der Waals surface area contributed by atoms with Crippen LogP contribution in [0.15, 0.2) is 23.3 Å². The number of methoxy groups -OCH3 is 2. The highest BCUT2D eigenvalue weighted by Gasteiger charge is 2.68. The molecule has 0 bridgehead atoms. The first-order valence-corrected chi connectivity index (χ1v) is 11.6. The van der Waals surface area contributed by atoms with Gasteiger partial charge in [-0.05, 0) is 62.4 Å². The van der Waals surface area contributed by atoms with Crippen LogP contribution in [0.1, 0.15) is 66.7 Å². The summed E-state index contributed by atoms with van der Waals surface area (Å²) in [5.74, 6) is -1.20. The van der Waals surface area contributed by atoms with Crippen LogP contribution in [-0.4, -0.2) is 44.0 Å². The zero-order valence-corrected chi connectivity index (χ0v) is 20.8. The highest BCUT2D eigenvalue weighted by atomic mass is 16.6. The second-order valence-corrected chi connectivity index (χ2v) is 10.5. The number of Topliss-reactive ketones (excluding diaryl/α,β-unsaturated/α-hetero) is 1. The van der Waals surface area contributed by atoms with Crippen molar-refractivity contribution in [3.05, 3.63) is 23.3 Å². The van der Waals surface area contributed by atoms with Crippen molar-refractivity contribution in [1.29, 1.82) is 0 Å². The Bertz CT molecular complexity index is 931. The van der Waals surface area contributed by atoms with Crippen LogP contribution in [0.25, 0.3) is 0 Å². The molecule has 3 fully saturated rings. The van der Waals surface area contributed by atoms with Crippen molar-refractivity contribution in [3.63, 3.8) is 0 Å². The van der Waals surface area contributed by atoms with E-state index >= 15 is 0 Å². The smallest absolute Gasteiger partial charge is 0.330 e. The first-order chi connectivity index (χ1) is 15.4. The summed E-state index contributed by atoms with van der Waals surface area (Å²) in [5.41, 5.74) is -0.102. The van der Waals surface area contributed by atoms with Crippen LogP contribution in [0.3, 0.4) is 0 Å². The van der Waals surface area contributed by atoms with E-state index < -0.39 is 23.5 Å². The van der Waals surface area contributed by atoms with Crippen LogP contribution in [0.2, 0.25) is 0 Å². The van der Waals surface area contributed by atoms with Gasteiger partial charge in [0.25, 0.3) is 0 Å². The second-order valence-electron chi connectivity index (χ2n) is 10.5. The maximum absolute atomic E-state index is 13.3. The minimum absolute atomic E-state index is 0.0370. The Kier molecular flexibility index (Phi) is 6.66. The van der Waals surface area contributed by atoms with E-state index in [0.29, 0.717) is 19.3 Å². The van der Waals surface area contributed by atoms with Crippen LogP contribution < -0.4 is 0 Å². The number of hydrogen-bond donors (Lipinski definition) is 0. The molecule has 0 heterocycles. The zero-order chi connectivity index (χ0) is 24.8. The molecule has 0 aromatic rings. The summed E-state index contributed by atoms with van der Waals surface area (Å²) in [6.45, 7) is 9.41. The van der Waals surface area contributed by atoms with E-state index in [1.807, 2.05) is 13.8 Å². The number of ether oxygens (including phenoxy) is 3. The lowest BCUT2D eigenvalue weighted by atomic mass is 9.42. The van der Waals surface area contributed by atoms with Crippen molar-refractivity contribution in [2.75, 3.05) is 14.2 Å². The molecule has 0 saturated heterocycles. The van der Waals surface area contributed by atoms with Gasteiger partial charge in [-0.15, -0.1) is 0 Å². The monoisotopic (exact) mass is 460 g/mol. The molecular formula is C26H36O7. The van der Waals surface area contributed by atoms with Gasteiger partial charge >= 0.3 is 17.9 Å². The van der Waals surface area contributed by atoms with Gasteiger partial charge in [-0.25, -0.2) is 4.79 Å². The number of carbonyl (C=O) groups excluding carboxylic acids is 4. The Balaban J connectivity index is 2.06. The summed E-state index contributed by atoms with van der Waals surface area (Å²) in [6, 6.07) is 0. The molecule has 7 heteroatoms. The zero-order valence-electron chi connectivity index (χ0n) is 20.8. The topological polar surface area (TPSA) is 96.0 Å². The van der Waals surface area contributed by atoms with Gasteiger partial charge in [-0.1, -0.05) is 19.9 Å². The molecule has 6 atom stereocenters. The Hall–Kier alpha value is -2.44. The Morgan fingerprint density at radius 2 is 1.61 bits per heavy atom. The van der Waals surface area contributed by atoms with Gasteiger partial charge in [-0.3, -0.25) is 14.4 Å². The lowest BCUT2D eigenvalue weighted by molar-refractivity contribution is -0.206. The van der Waals surface area contributed by atoms with Crippen LogP contribution >= 0.6 is 0 Å². The summed E-state index contributed by atoms with van der Waals surface area (Å²) in [7, 11) is 2.69. The van der Waals surface area contributed by atoms with Gasteiger partial charge in [0.1, 0.15) is 11.5 Å². The van der Waals surface area contributed by atoms with E-state index in [1.54, 1.807) is 6.08 Å². The first kappa shape index (κ1) is 25.2. The van der Waals surface area contributed by atoms with Crippen molar-refractivity contribution in [2.24, 2.45) is 28.1 Å². The van der Waals surface area contributed by atoms with Crippen molar-refractivity contribution in [3.8, 4) is 0 Å². The molecule has 3 rings (SSSR count). The summed E-state index contributed by atoms with van der Waals surface area (Å²) < 4.78 is 15.5. The van der Waals surface area contributed by atoms with Gasteiger partial charge in [0, 0.05) is 30.4 Å². The maximum Gasteiger partial charge on any atom is 0.330 e. The standard InChI is InChI=1S/C26H36O7/c1-15(8-9-21(29)31-6)22-17(28)14-19-24(3)13-11-20(33-16(2)27)26(5,23(30)32-7)18(24)10-12-25(19,22)4/h8-9,18-20H,10-14H2,1-7H3/b9-8+,22-15-/t18-,19-,20-,24+,25+,26-/m1/s1. The van der Waals surface area contributed by atoms with Crippen molar-refractivity contribution in [2.45, 2.75) is 72.8 Å². The average molecular weight is 461 g/mol. The first-order valence-electron chi connectivity index (χ1n) is 11.6. The molecule has 0 aliphatic heterocycles. The summed E-state index contributed by atoms with van der Waals surface area (Å²) >= 11 is 0. The summed E-state index contributed by atoms with van der Waals surface area (Å²) in [4.78, 5) is 49.8. The van der Waals surface area contributed by atoms with E-state index in [0.717, 1.165) is 24.0 Å². The fraction of sp³-hybridized carbons (Fsp3) is 0.692. The summed E-state index contributed by atoms with van der Waals surface area (Å²) in [6.07, 6.45) is 5.58. The van der Waals surface area contributed by atoms with Crippen molar-refractivity contribution < 1.29 is 33.4 Å². The number of ketones is 1. The lowest BCUT2D eigenvalue weighted by Crippen LogP contribution is -2.62. The number of hydrogen-bond acceptors (Lipinski definition) is 7. The molecule has 3 saturated carbocycles.